The second-order valence-electron chi connectivity index (χ2n) is 4.76. The first kappa shape index (κ1) is 14.8. The lowest BCUT2D eigenvalue weighted by Crippen LogP contribution is -2.36. The molecule has 0 fully saturated rings. The van der Waals surface area contributed by atoms with Gasteiger partial charge in [0.25, 0.3) is 0 Å². The first-order chi connectivity index (χ1) is 7.84. The van der Waals surface area contributed by atoms with Crippen LogP contribution in [-0.2, 0) is 11.0 Å². The predicted molar refractivity (Wildman–Crippen MR) is 73.9 cm³/mol. The molecule has 1 rings (SSSR count). The fourth-order valence-corrected chi connectivity index (χ4v) is 2.45. The molecule has 2 atom stereocenters. The zero-order valence-electron chi connectivity index (χ0n) is 10.2. The maximum absolute atomic E-state index is 13.0. The van der Waals surface area contributed by atoms with Gasteiger partial charge in [-0.3, -0.25) is 0 Å². The molecule has 1 aromatic carbocycles. The Balaban J connectivity index is 2.83. The van der Waals surface area contributed by atoms with Gasteiger partial charge in [0.15, 0.2) is 0 Å². The topological polar surface area (TPSA) is 29.1 Å². The first-order valence-corrected chi connectivity index (χ1v) is 7.28. The number of benzene rings is 1. The maximum Gasteiger partial charge on any atom is 0.110 e. The summed E-state index contributed by atoms with van der Waals surface area (Å²) in [6.45, 7) is 4.98. The Morgan fingerprint density at radius 1 is 1.47 bits per heavy atom. The second-order valence-corrected chi connectivity index (χ2v) is 7.67. The first-order valence-electron chi connectivity index (χ1n) is 5.34. The second kappa shape index (κ2) is 6.07. The van der Waals surface area contributed by atoms with Gasteiger partial charge in [0.05, 0.1) is 21.8 Å². The van der Waals surface area contributed by atoms with E-state index < -0.39 is 28.4 Å². The zero-order valence-corrected chi connectivity index (χ0v) is 12.6. The summed E-state index contributed by atoms with van der Waals surface area (Å²) in [7, 11) is -1.28. The van der Waals surface area contributed by atoms with Crippen LogP contribution in [0.1, 0.15) is 32.4 Å². The zero-order chi connectivity index (χ0) is 13.1. The molecule has 2 nitrogen and oxygen atoms in total. The van der Waals surface area contributed by atoms with Crippen molar-refractivity contribution >= 4 is 26.9 Å². The van der Waals surface area contributed by atoms with E-state index in [0.717, 1.165) is 10.0 Å². The summed E-state index contributed by atoms with van der Waals surface area (Å²) in [6, 6.07) is 6.83. The van der Waals surface area contributed by atoms with Gasteiger partial charge >= 0.3 is 0 Å². The molecule has 0 heterocycles. The smallest absolute Gasteiger partial charge is 0.110 e. The van der Waals surface area contributed by atoms with Crippen LogP contribution in [0, 0.1) is 0 Å². The van der Waals surface area contributed by atoms with Gasteiger partial charge in [-0.25, -0.2) is 13.3 Å². The van der Waals surface area contributed by atoms with E-state index in [4.69, 9.17) is 0 Å². The Labute approximate surface area is 113 Å². The highest BCUT2D eigenvalue weighted by Gasteiger charge is 2.23. The number of alkyl halides is 1. The van der Waals surface area contributed by atoms with E-state index in [1.54, 1.807) is 0 Å². The van der Waals surface area contributed by atoms with Crippen LogP contribution in [0.2, 0.25) is 0 Å². The van der Waals surface area contributed by atoms with Crippen molar-refractivity contribution in [1.82, 2.24) is 4.72 Å². The summed E-state index contributed by atoms with van der Waals surface area (Å²) in [6.07, 6.45) is 0. The van der Waals surface area contributed by atoms with Crippen molar-refractivity contribution < 1.29 is 8.60 Å². The average Bonchev–Trinajstić information content (AvgIpc) is 2.24. The highest BCUT2D eigenvalue weighted by atomic mass is 79.9. The van der Waals surface area contributed by atoms with Crippen LogP contribution in [0.25, 0.3) is 0 Å². The van der Waals surface area contributed by atoms with Crippen molar-refractivity contribution in [2.45, 2.75) is 31.6 Å². The Kier molecular flexibility index (Phi) is 5.28. The average molecular weight is 322 g/mol. The molecule has 17 heavy (non-hydrogen) atoms. The van der Waals surface area contributed by atoms with Gasteiger partial charge in [0.1, 0.15) is 6.67 Å². The van der Waals surface area contributed by atoms with Crippen molar-refractivity contribution in [3.63, 3.8) is 0 Å². The summed E-state index contributed by atoms with van der Waals surface area (Å²) in [5.41, 5.74) is 0.791. The highest BCUT2D eigenvalue weighted by molar-refractivity contribution is 9.10. The van der Waals surface area contributed by atoms with E-state index in [1.165, 1.54) is 0 Å². The summed E-state index contributed by atoms with van der Waals surface area (Å²) in [5, 5.41) is 0. The van der Waals surface area contributed by atoms with Crippen LogP contribution in [0.3, 0.4) is 0 Å². The molecular weight excluding hydrogens is 305 g/mol. The molecule has 0 aliphatic carbocycles. The molecule has 0 unspecified atom stereocenters. The third-order valence-corrected chi connectivity index (χ3v) is 4.32. The molecular formula is C12H17BrFNOS. The molecule has 0 aliphatic rings. The fourth-order valence-electron chi connectivity index (χ4n) is 1.22. The van der Waals surface area contributed by atoms with Crippen molar-refractivity contribution in [1.29, 1.82) is 0 Å². The largest absolute Gasteiger partial charge is 0.249 e. The van der Waals surface area contributed by atoms with Gasteiger partial charge in [0, 0.05) is 4.47 Å². The number of nitrogens with one attached hydrogen (secondary N) is 1. The van der Waals surface area contributed by atoms with Crippen molar-refractivity contribution in [2.75, 3.05) is 6.67 Å². The monoisotopic (exact) mass is 321 g/mol. The number of rotatable bonds is 4. The molecule has 1 aromatic rings. The quantitative estimate of drug-likeness (QED) is 0.903. The van der Waals surface area contributed by atoms with E-state index in [2.05, 4.69) is 20.7 Å². The lowest BCUT2D eigenvalue weighted by atomic mass is 10.1. The van der Waals surface area contributed by atoms with Gasteiger partial charge in [-0.15, -0.1) is 0 Å². The van der Waals surface area contributed by atoms with Gasteiger partial charge in [-0.2, -0.15) is 0 Å². The normalized spacial score (nSPS) is 15.6. The van der Waals surface area contributed by atoms with Gasteiger partial charge < -0.3 is 0 Å². The van der Waals surface area contributed by atoms with Crippen LogP contribution < -0.4 is 4.72 Å². The molecule has 0 aliphatic heterocycles. The van der Waals surface area contributed by atoms with E-state index in [1.807, 2.05) is 45.0 Å². The van der Waals surface area contributed by atoms with E-state index in [0.29, 0.717) is 0 Å². The summed E-state index contributed by atoms with van der Waals surface area (Å²) in [5.74, 6) is 0. The van der Waals surface area contributed by atoms with Crippen molar-refractivity contribution in [3.8, 4) is 0 Å². The molecule has 96 valence electrons. The Morgan fingerprint density at radius 3 is 2.59 bits per heavy atom. The van der Waals surface area contributed by atoms with Gasteiger partial charge in [-0.05, 0) is 38.5 Å². The van der Waals surface area contributed by atoms with Crippen LogP contribution >= 0.6 is 15.9 Å². The molecule has 0 radical (unpaired) electrons. The third-order valence-electron chi connectivity index (χ3n) is 2.21. The third kappa shape index (κ3) is 4.48. The van der Waals surface area contributed by atoms with Crippen LogP contribution in [-0.4, -0.2) is 15.6 Å². The van der Waals surface area contributed by atoms with Gasteiger partial charge in [-0.1, -0.05) is 28.1 Å². The maximum atomic E-state index is 13.0. The molecule has 0 spiro atoms. The Bertz CT molecular complexity index is 406. The Morgan fingerprint density at radius 2 is 2.12 bits per heavy atom. The number of hydrogen-bond donors (Lipinski definition) is 1. The van der Waals surface area contributed by atoms with E-state index >= 15 is 0 Å². The van der Waals surface area contributed by atoms with Crippen LogP contribution in [0.4, 0.5) is 4.39 Å². The lowest BCUT2D eigenvalue weighted by Gasteiger charge is -2.22. The summed E-state index contributed by atoms with van der Waals surface area (Å²) in [4.78, 5) is 0. The highest BCUT2D eigenvalue weighted by Crippen LogP contribution is 2.21. The fraction of sp³-hybridized carbons (Fsp3) is 0.500. The molecule has 1 N–H and O–H groups in total. The Hall–Kier alpha value is -0.260. The molecule has 5 heteroatoms. The summed E-state index contributed by atoms with van der Waals surface area (Å²) < 4.78 is 28.2. The number of hydrogen-bond acceptors (Lipinski definition) is 1. The van der Waals surface area contributed by atoms with Crippen LogP contribution in [0.5, 0.6) is 0 Å². The molecule has 0 amide bonds. The van der Waals surface area contributed by atoms with Gasteiger partial charge in [0.2, 0.25) is 0 Å². The SMILES string of the molecule is CC(C)(C)[S@@](=O)N[C@@H](CF)c1cccc(Br)c1. The standard InChI is InChI=1S/C12H17BrFNOS/c1-12(2,3)17(16)15-11(8-14)9-5-4-6-10(13)7-9/h4-7,11,15H,8H2,1-3H3/t11-,17+/m0/s1. The summed E-state index contributed by atoms with van der Waals surface area (Å²) >= 11 is 3.34. The molecule has 0 saturated heterocycles. The van der Waals surface area contributed by atoms with Crippen molar-refractivity contribution in [2.24, 2.45) is 0 Å². The lowest BCUT2D eigenvalue weighted by molar-refractivity contribution is 0.418. The minimum atomic E-state index is -1.28. The minimum Gasteiger partial charge on any atom is -0.249 e. The number of halogens is 2. The molecule has 0 bridgehead atoms. The molecule has 0 saturated carbocycles. The van der Waals surface area contributed by atoms with Crippen molar-refractivity contribution in [3.05, 3.63) is 34.3 Å². The van der Waals surface area contributed by atoms with Crippen LogP contribution in [0.15, 0.2) is 28.7 Å². The molecule has 0 aromatic heterocycles. The predicted octanol–water partition coefficient (Wildman–Crippen LogP) is 3.51. The van der Waals surface area contributed by atoms with E-state index in [9.17, 15) is 8.60 Å². The van der Waals surface area contributed by atoms with E-state index in [-0.39, 0.29) is 0 Å². The minimum absolute atomic E-state index is 0.403.